The molecule has 0 fully saturated rings. The van der Waals surface area contributed by atoms with Crippen molar-refractivity contribution >= 4 is 28.7 Å². The number of anilines is 1. The van der Waals surface area contributed by atoms with Gasteiger partial charge in [-0.2, -0.15) is 0 Å². The van der Waals surface area contributed by atoms with Crippen molar-refractivity contribution < 1.29 is 39.7 Å². The standard InChI is InChI=1S/C15H14N2O8S/c18-8-4-11(21)15(12(22)5-8)17-26(25)13-3-7(1-2-14(23)16-24)9(19)6-10(13)20/h1-6,17-22,24H,(H,16,23)/b2-1+. The van der Waals surface area contributed by atoms with Crippen LogP contribution in [0.3, 0.4) is 0 Å². The summed E-state index contributed by atoms with van der Waals surface area (Å²) in [5.41, 5.74) is 0.988. The molecule has 0 bridgehead atoms. The zero-order valence-corrected chi connectivity index (χ0v) is 13.7. The third-order valence-corrected chi connectivity index (χ3v) is 4.22. The summed E-state index contributed by atoms with van der Waals surface area (Å²) >= 11 is 0. The number of amides is 1. The summed E-state index contributed by atoms with van der Waals surface area (Å²) in [5.74, 6) is -3.46. The van der Waals surface area contributed by atoms with E-state index < -0.39 is 45.6 Å². The van der Waals surface area contributed by atoms with Gasteiger partial charge < -0.3 is 25.5 Å². The van der Waals surface area contributed by atoms with Crippen LogP contribution in [0.4, 0.5) is 5.69 Å². The molecule has 0 saturated carbocycles. The van der Waals surface area contributed by atoms with Crippen molar-refractivity contribution in [3.8, 4) is 28.7 Å². The lowest BCUT2D eigenvalue weighted by molar-refractivity contribution is -0.124. The van der Waals surface area contributed by atoms with Gasteiger partial charge in [-0.25, -0.2) is 9.69 Å². The second kappa shape index (κ2) is 7.63. The minimum absolute atomic E-state index is 0.00398. The van der Waals surface area contributed by atoms with Gasteiger partial charge in [-0.15, -0.1) is 0 Å². The lowest BCUT2D eigenvalue weighted by Crippen LogP contribution is -2.14. The maximum Gasteiger partial charge on any atom is 0.267 e. The molecule has 0 aliphatic rings. The van der Waals surface area contributed by atoms with E-state index in [2.05, 4.69) is 4.72 Å². The number of hydrogen-bond acceptors (Lipinski definition) is 8. The summed E-state index contributed by atoms with van der Waals surface area (Å²) in [6, 6.07) is 3.76. The van der Waals surface area contributed by atoms with Gasteiger partial charge in [0.2, 0.25) is 0 Å². The van der Waals surface area contributed by atoms with Crippen molar-refractivity contribution in [1.82, 2.24) is 5.48 Å². The van der Waals surface area contributed by atoms with Crippen LogP contribution >= 0.6 is 0 Å². The highest BCUT2D eigenvalue weighted by atomic mass is 32.2. The van der Waals surface area contributed by atoms with E-state index in [1.54, 1.807) is 0 Å². The number of aromatic hydroxyl groups is 5. The molecule has 0 heterocycles. The fraction of sp³-hybridized carbons (Fsp3) is 0. The fourth-order valence-corrected chi connectivity index (χ4v) is 2.89. The summed E-state index contributed by atoms with van der Waals surface area (Å²) in [5, 5.41) is 56.7. The van der Waals surface area contributed by atoms with Crippen molar-refractivity contribution in [2.24, 2.45) is 0 Å². The molecule has 0 aromatic heterocycles. The van der Waals surface area contributed by atoms with Gasteiger partial charge in [0.15, 0.2) is 11.0 Å². The summed E-state index contributed by atoms with van der Waals surface area (Å²) in [7, 11) is -2.20. The number of benzene rings is 2. The number of rotatable bonds is 5. The van der Waals surface area contributed by atoms with E-state index in [9.17, 15) is 34.5 Å². The number of carbonyl (C=O) groups excluding carboxylic acids is 1. The summed E-state index contributed by atoms with van der Waals surface area (Å²) in [4.78, 5) is 10.8. The van der Waals surface area contributed by atoms with Gasteiger partial charge in [-0.05, 0) is 12.1 Å². The Morgan fingerprint density at radius 3 is 2.12 bits per heavy atom. The van der Waals surface area contributed by atoms with Gasteiger partial charge >= 0.3 is 0 Å². The first-order valence-electron chi connectivity index (χ1n) is 6.84. The molecule has 138 valence electrons. The molecule has 0 radical (unpaired) electrons. The highest BCUT2D eigenvalue weighted by Crippen LogP contribution is 2.39. The SMILES string of the molecule is O=C(/C=C/c1cc(S(=O)Nc2c(O)cc(O)cc2O)c(O)cc1O)NO. The quantitative estimate of drug-likeness (QED) is 0.123. The zero-order chi connectivity index (χ0) is 19.4. The van der Waals surface area contributed by atoms with E-state index in [-0.39, 0.29) is 16.1 Å². The van der Waals surface area contributed by atoms with Crippen molar-refractivity contribution in [3.63, 3.8) is 0 Å². The molecule has 11 heteroatoms. The van der Waals surface area contributed by atoms with Gasteiger partial charge in [0.25, 0.3) is 5.91 Å². The summed E-state index contributed by atoms with van der Waals surface area (Å²) < 4.78 is 14.7. The minimum atomic E-state index is -2.20. The molecule has 0 aliphatic heterocycles. The summed E-state index contributed by atoms with van der Waals surface area (Å²) in [6.45, 7) is 0. The molecule has 2 aromatic carbocycles. The van der Waals surface area contributed by atoms with Gasteiger partial charge in [-0.3, -0.25) is 14.7 Å². The molecule has 0 spiro atoms. The van der Waals surface area contributed by atoms with E-state index in [1.165, 1.54) is 5.48 Å². The Balaban J connectivity index is 2.37. The second-order valence-electron chi connectivity index (χ2n) is 4.92. The van der Waals surface area contributed by atoms with Crippen LogP contribution in [-0.4, -0.2) is 40.9 Å². The number of nitrogens with one attached hydrogen (secondary N) is 2. The molecule has 1 unspecified atom stereocenters. The predicted octanol–water partition coefficient (Wildman–Crippen LogP) is 0.868. The summed E-state index contributed by atoms with van der Waals surface area (Å²) in [6.07, 6.45) is 1.97. The maximum atomic E-state index is 12.4. The molecule has 0 aliphatic carbocycles. The Hall–Kier alpha value is -3.44. The van der Waals surface area contributed by atoms with Gasteiger partial charge in [0.1, 0.15) is 39.3 Å². The molecular formula is C15H14N2O8S. The van der Waals surface area contributed by atoms with Crippen molar-refractivity contribution in [2.45, 2.75) is 4.90 Å². The monoisotopic (exact) mass is 382 g/mol. The Kier molecular flexibility index (Phi) is 5.54. The van der Waals surface area contributed by atoms with Gasteiger partial charge in [0.05, 0.1) is 0 Å². The van der Waals surface area contributed by atoms with Crippen LogP contribution in [0.15, 0.2) is 35.2 Å². The smallest absolute Gasteiger partial charge is 0.267 e. The molecule has 1 atom stereocenters. The van der Waals surface area contributed by atoms with Crippen LogP contribution in [-0.2, 0) is 15.8 Å². The lowest BCUT2D eigenvalue weighted by Gasteiger charge is -2.12. The number of hydrogen-bond donors (Lipinski definition) is 8. The lowest BCUT2D eigenvalue weighted by atomic mass is 10.1. The fourth-order valence-electron chi connectivity index (χ4n) is 1.91. The largest absolute Gasteiger partial charge is 0.508 e. The van der Waals surface area contributed by atoms with Gasteiger partial charge in [0, 0.05) is 29.8 Å². The van der Waals surface area contributed by atoms with Crippen LogP contribution in [0.1, 0.15) is 5.56 Å². The maximum absolute atomic E-state index is 12.4. The van der Waals surface area contributed by atoms with Crippen LogP contribution in [0.5, 0.6) is 28.7 Å². The minimum Gasteiger partial charge on any atom is -0.508 e. The normalized spacial score (nSPS) is 12.0. The van der Waals surface area contributed by atoms with Crippen molar-refractivity contribution in [3.05, 3.63) is 35.9 Å². The molecule has 2 aromatic rings. The van der Waals surface area contributed by atoms with Crippen LogP contribution in [0.25, 0.3) is 6.08 Å². The van der Waals surface area contributed by atoms with E-state index in [0.717, 1.165) is 36.4 Å². The average Bonchev–Trinajstić information content (AvgIpc) is 2.56. The van der Waals surface area contributed by atoms with E-state index in [0.29, 0.717) is 0 Å². The van der Waals surface area contributed by atoms with Crippen LogP contribution in [0, 0.1) is 0 Å². The number of carbonyl (C=O) groups is 1. The van der Waals surface area contributed by atoms with E-state index in [4.69, 9.17) is 5.21 Å². The van der Waals surface area contributed by atoms with Gasteiger partial charge in [-0.1, -0.05) is 0 Å². The van der Waals surface area contributed by atoms with E-state index >= 15 is 0 Å². The third kappa shape index (κ3) is 4.15. The number of hydroxylamine groups is 1. The molecular weight excluding hydrogens is 368 g/mol. The van der Waals surface area contributed by atoms with E-state index in [1.807, 2.05) is 0 Å². The second-order valence-corrected chi connectivity index (χ2v) is 6.10. The first-order chi connectivity index (χ1) is 12.2. The van der Waals surface area contributed by atoms with Crippen LogP contribution < -0.4 is 10.2 Å². The molecule has 26 heavy (non-hydrogen) atoms. The number of phenolic OH excluding ortho intramolecular Hbond substituents is 5. The first-order valence-corrected chi connectivity index (χ1v) is 7.99. The molecule has 1 amide bonds. The third-order valence-electron chi connectivity index (χ3n) is 3.11. The zero-order valence-electron chi connectivity index (χ0n) is 12.9. The first kappa shape index (κ1) is 18.9. The Morgan fingerprint density at radius 1 is 0.923 bits per heavy atom. The highest BCUT2D eigenvalue weighted by Gasteiger charge is 2.17. The van der Waals surface area contributed by atoms with Crippen LogP contribution in [0.2, 0.25) is 0 Å². The Morgan fingerprint density at radius 2 is 1.54 bits per heavy atom. The van der Waals surface area contributed by atoms with Crippen molar-refractivity contribution in [1.29, 1.82) is 0 Å². The average molecular weight is 382 g/mol. The highest BCUT2D eigenvalue weighted by molar-refractivity contribution is 7.86. The predicted molar refractivity (Wildman–Crippen MR) is 90.2 cm³/mol. The number of phenols is 5. The Bertz CT molecular complexity index is 890. The molecule has 2 rings (SSSR count). The van der Waals surface area contributed by atoms with Crippen molar-refractivity contribution in [2.75, 3.05) is 4.72 Å². The Labute approximate surface area is 148 Å². The topological polar surface area (TPSA) is 180 Å². The molecule has 8 N–H and O–H groups in total. The molecule has 10 nitrogen and oxygen atoms in total. The molecule has 0 saturated heterocycles.